The van der Waals surface area contributed by atoms with Gasteiger partial charge in [0.1, 0.15) is 6.17 Å². The van der Waals surface area contributed by atoms with E-state index in [1.54, 1.807) is 24.3 Å². The van der Waals surface area contributed by atoms with E-state index < -0.39 is 9.96 Å². The Morgan fingerprint density at radius 2 is 1.22 bits per heavy atom. The van der Waals surface area contributed by atoms with Crippen LogP contribution >= 0.6 is 47.0 Å². The van der Waals surface area contributed by atoms with Crippen molar-refractivity contribution in [1.82, 2.24) is 10.6 Å². The second kappa shape index (κ2) is 18.9. The van der Waals surface area contributed by atoms with Gasteiger partial charge < -0.3 is 21.3 Å². The standard InChI is InChI=1S/C26H41Cl3N4O2S/c1-3-4-5-6-7-8-9-10-11-12-13-14-15-23(35)32-24(26(27,28)29)33-25(36)31-22-18-16-21(17-19-22)30-20(2)34/h16-19,24H,3-15H2,1-2H3,(H,30,34)(H,32,35)(H2,31,33,36)/t24-/m1/s1. The summed E-state index contributed by atoms with van der Waals surface area (Å²) in [6, 6.07) is 6.95. The molecule has 0 aliphatic carbocycles. The van der Waals surface area contributed by atoms with Crippen molar-refractivity contribution in [1.29, 1.82) is 0 Å². The quantitative estimate of drug-likeness (QED) is 0.0654. The molecule has 0 unspecified atom stereocenters. The predicted molar refractivity (Wildman–Crippen MR) is 158 cm³/mol. The normalized spacial score (nSPS) is 12.0. The largest absolute Gasteiger partial charge is 0.339 e. The molecule has 0 saturated heterocycles. The fourth-order valence-electron chi connectivity index (χ4n) is 3.70. The number of benzene rings is 1. The van der Waals surface area contributed by atoms with Crippen molar-refractivity contribution in [2.24, 2.45) is 0 Å². The average Bonchev–Trinajstić information content (AvgIpc) is 2.79. The van der Waals surface area contributed by atoms with Crippen molar-refractivity contribution in [3.8, 4) is 0 Å². The monoisotopic (exact) mass is 578 g/mol. The molecule has 2 amide bonds. The van der Waals surface area contributed by atoms with Crippen LogP contribution in [0.15, 0.2) is 24.3 Å². The summed E-state index contributed by atoms with van der Waals surface area (Å²) in [5.74, 6) is -0.356. The first kappa shape index (κ1) is 32.7. The molecule has 0 heterocycles. The summed E-state index contributed by atoms with van der Waals surface area (Å²) in [7, 11) is 0. The lowest BCUT2D eigenvalue weighted by atomic mass is 10.0. The smallest absolute Gasteiger partial charge is 0.228 e. The predicted octanol–water partition coefficient (Wildman–Crippen LogP) is 7.84. The number of halogens is 3. The number of nitrogens with one attached hydrogen (secondary N) is 4. The van der Waals surface area contributed by atoms with Gasteiger partial charge >= 0.3 is 0 Å². The molecule has 0 saturated carbocycles. The number of alkyl halides is 3. The highest BCUT2D eigenvalue weighted by molar-refractivity contribution is 7.80. The molecule has 1 aromatic rings. The topological polar surface area (TPSA) is 82.3 Å². The Hall–Kier alpha value is -1.28. The van der Waals surface area contributed by atoms with Crippen LogP contribution in [0.2, 0.25) is 0 Å². The maximum atomic E-state index is 12.4. The molecule has 0 spiro atoms. The Bertz CT molecular complexity index is 788. The second-order valence-electron chi connectivity index (χ2n) is 9.04. The molecule has 0 aromatic heterocycles. The van der Waals surface area contributed by atoms with E-state index >= 15 is 0 Å². The second-order valence-corrected chi connectivity index (χ2v) is 11.8. The summed E-state index contributed by atoms with van der Waals surface area (Å²) >= 11 is 23.5. The molecule has 0 aliphatic heterocycles. The minimum Gasteiger partial charge on any atom is -0.339 e. The van der Waals surface area contributed by atoms with Crippen molar-refractivity contribution in [2.45, 2.75) is 107 Å². The van der Waals surface area contributed by atoms with Gasteiger partial charge in [-0.15, -0.1) is 0 Å². The summed E-state index contributed by atoms with van der Waals surface area (Å²) < 4.78 is -1.80. The van der Waals surface area contributed by atoms with E-state index in [4.69, 9.17) is 47.0 Å². The third-order valence-electron chi connectivity index (χ3n) is 5.63. The molecule has 204 valence electrons. The van der Waals surface area contributed by atoms with Gasteiger partial charge in [0.15, 0.2) is 5.11 Å². The van der Waals surface area contributed by atoms with Crippen LogP contribution in [0.1, 0.15) is 97.3 Å². The number of rotatable bonds is 17. The molecule has 4 N–H and O–H groups in total. The molecule has 0 fully saturated rings. The van der Waals surface area contributed by atoms with Gasteiger partial charge in [-0.1, -0.05) is 112 Å². The van der Waals surface area contributed by atoms with E-state index in [1.165, 1.54) is 64.7 Å². The van der Waals surface area contributed by atoms with Gasteiger partial charge in [-0.25, -0.2) is 0 Å². The highest BCUT2D eigenvalue weighted by atomic mass is 35.6. The molecule has 1 rings (SSSR count). The molecule has 0 radical (unpaired) electrons. The summed E-state index contributed by atoms with van der Waals surface area (Å²) in [5.41, 5.74) is 1.34. The van der Waals surface area contributed by atoms with Crippen molar-refractivity contribution < 1.29 is 9.59 Å². The van der Waals surface area contributed by atoms with Crippen LogP contribution in [0.4, 0.5) is 11.4 Å². The van der Waals surface area contributed by atoms with Crippen LogP contribution in [-0.4, -0.2) is 26.9 Å². The zero-order valence-corrected chi connectivity index (χ0v) is 24.5. The first-order valence-corrected chi connectivity index (χ1v) is 14.5. The molecule has 36 heavy (non-hydrogen) atoms. The van der Waals surface area contributed by atoms with Gasteiger partial charge in [0, 0.05) is 24.7 Å². The van der Waals surface area contributed by atoms with Crippen LogP contribution in [0.3, 0.4) is 0 Å². The summed E-state index contributed by atoms with van der Waals surface area (Å²) in [4.78, 5) is 23.6. The van der Waals surface area contributed by atoms with E-state index in [1.807, 2.05) is 0 Å². The van der Waals surface area contributed by atoms with Crippen molar-refractivity contribution in [3.05, 3.63) is 24.3 Å². The van der Waals surface area contributed by atoms with Gasteiger partial charge in [0.2, 0.25) is 15.6 Å². The van der Waals surface area contributed by atoms with Crippen molar-refractivity contribution in [3.63, 3.8) is 0 Å². The number of amides is 2. The zero-order chi connectivity index (χ0) is 26.8. The highest BCUT2D eigenvalue weighted by Crippen LogP contribution is 2.29. The Balaban J connectivity index is 2.28. The lowest BCUT2D eigenvalue weighted by Crippen LogP contribution is -2.56. The number of carbonyl (C=O) groups is 2. The van der Waals surface area contributed by atoms with E-state index in [-0.39, 0.29) is 16.9 Å². The Kier molecular flexibility index (Phi) is 17.2. The van der Waals surface area contributed by atoms with Gasteiger partial charge in [0.05, 0.1) is 0 Å². The van der Waals surface area contributed by atoms with Crippen LogP contribution < -0.4 is 21.3 Å². The lowest BCUT2D eigenvalue weighted by molar-refractivity contribution is -0.122. The van der Waals surface area contributed by atoms with Crippen molar-refractivity contribution >= 4 is 75.3 Å². The molecule has 1 aromatic carbocycles. The maximum Gasteiger partial charge on any atom is 0.228 e. The Labute approximate surface area is 237 Å². The van der Waals surface area contributed by atoms with Gasteiger partial charge in [-0.2, -0.15) is 0 Å². The zero-order valence-electron chi connectivity index (χ0n) is 21.4. The summed E-state index contributed by atoms with van der Waals surface area (Å²) in [6.45, 7) is 3.68. The third-order valence-corrected chi connectivity index (χ3v) is 6.50. The maximum absolute atomic E-state index is 12.4. The van der Waals surface area contributed by atoms with Gasteiger partial charge in [-0.05, 0) is 42.9 Å². The van der Waals surface area contributed by atoms with Crippen LogP contribution in [-0.2, 0) is 9.59 Å². The number of unbranched alkanes of at least 4 members (excludes halogenated alkanes) is 11. The number of thiocarbonyl (C=S) groups is 1. The molecule has 10 heteroatoms. The minimum absolute atomic E-state index is 0.155. The van der Waals surface area contributed by atoms with Gasteiger partial charge in [0.25, 0.3) is 0 Å². The molecular formula is C26H41Cl3N4O2S. The highest BCUT2D eigenvalue weighted by Gasteiger charge is 2.34. The molecule has 0 aliphatic rings. The first-order chi connectivity index (χ1) is 17.1. The third kappa shape index (κ3) is 16.5. The Morgan fingerprint density at radius 1 is 0.778 bits per heavy atom. The molecule has 0 bridgehead atoms. The van der Waals surface area contributed by atoms with Crippen LogP contribution in [0.5, 0.6) is 0 Å². The van der Waals surface area contributed by atoms with E-state index in [9.17, 15) is 9.59 Å². The first-order valence-electron chi connectivity index (χ1n) is 12.9. The van der Waals surface area contributed by atoms with Gasteiger partial charge in [-0.3, -0.25) is 9.59 Å². The van der Waals surface area contributed by atoms with Crippen LogP contribution in [0, 0.1) is 0 Å². The van der Waals surface area contributed by atoms with E-state index in [2.05, 4.69) is 28.2 Å². The summed E-state index contributed by atoms with van der Waals surface area (Å²) in [5, 5.41) is 11.4. The minimum atomic E-state index is -1.80. The fourth-order valence-corrected chi connectivity index (χ4v) is 4.26. The number of carbonyl (C=O) groups excluding carboxylic acids is 2. The fraction of sp³-hybridized carbons (Fsp3) is 0.654. The van der Waals surface area contributed by atoms with E-state index in [0.717, 1.165) is 19.3 Å². The molecule has 1 atom stereocenters. The SMILES string of the molecule is CCCCCCCCCCCCCCC(=O)N[C@H](NC(=S)Nc1ccc(NC(C)=O)cc1)C(Cl)(Cl)Cl. The van der Waals surface area contributed by atoms with Crippen LogP contribution in [0.25, 0.3) is 0 Å². The Morgan fingerprint density at radius 3 is 1.67 bits per heavy atom. The number of hydrogen-bond donors (Lipinski definition) is 4. The summed E-state index contributed by atoms with van der Waals surface area (Å²) in [6.07, 6.45) is 14.1. The number of hydrogen-bond acceptors (Lipinski definition) is 3. The lowest BCUT2D eigenvalue weighted by Gasteiger charge is -2.27. The van der Waals surface area contributed by atoms with E-state index in [0.29, 0.717) is 17.8 Å². The van der Waals surface area contributed by atoms with Crippen molar-refractivity contribution in [2.75, 3.05) is 10.6 Å². The molecule has 6 nitrogen and oxygen atoms in total. The molecular weight excluding hydrogens is 539 g/mol. The number of anilines is 2. The average molecular weight is 580 g/mol.